The predicted octanol–water partition coefficient (Wildman–Crippen LogP) is 1.23. The minimum Gasteiger partial charge on any atom is -0.480 e. The Hall–Kier alpha value is -1.36. The van der Waals surface area contributed by atoms with Gasteiger partial charge in [-0.2, -0.15) is 0 Å². The summed E-state index contributed by atoms with van der Waals surface area (Å²) in [5.74, 6) is 0.663. The second-order valence-corrected chi connectivity index (χ2v) is 4.69. The summed E-state index contributed by atoms with van der Waals surface area (Å²) in [7, 11) is 0. The van der Waals surface area contributed by atoms with E-state index in [-0.39, 0.29) is 6.54 Å². The van der Waals surface area contributed by atoms with E-state index in [4.69, 9.17) is 5.11 Å². The molecule has 0 spiro atoms. The molecule has 0 saturated carbocycles. The zero-order chi connectivity index (χ0) is 12.8. The van der Waals surface area contributed by atoms with Gasteiger partial charge in [0.05, 0.1) is 6.54 Å². The van der Waals surface area contributed by atoms with E-state index in [9.17, 15) is 4.79 Å². The summed E-state index contributed by atoms with van der Waals surface area (Å²) in [4.78, 5) is 16.9. The molecule has 0 aliphatic heterocycles. The fourth-order valence-electron chi connectivity index (χ4n) is 1.83. The third-order valence-corrected chi connectivity index (χ3v) is 2.56. The standard InChI is InChI=1S/C12H21N3O2/c1-10(2)8-14(9-12(16)17)6-7-15-5-4-13-11(15)3/h4-5,10H,6-9H2,1-3H3,(H,16,17). The van der Waals surface area contributed by atoms with E-state index in [2.05, 4.69) is 18.8 Å². The molecule has 0 atom stereocenters. The molecule has 0 saturated heterocycles. The minimum absolute atomic E-state index is 0.103. The zero-order valence-corrected chi connectivity index (χ0v) is 10.8. The van der Waals surface area contributed by atoms with E-state index in [0.717, 1.165) is 25.5 Å². The number of carboxylic acid groups (broad SMARTS) is 1. The molecule has 0 fully saturated rings. The van der Waals surface area contributed by atoms with Crippen molar-refractivity contribution in [2.24, 2.45) is 5.92 Å². The third-order valence-electron chi connectivity index (χ3n) is 2.56. The molecular weight excluding hydrogens is 218 g/mol. The number of rotatable bonds is 7. The van der Waals surface area contributed by atoms with Crippen LogP contribution >= 0.6 is 0 Å². The Kier molecular flexibility index (Phi) is 5.15. The molecule has 0 amide bonds. The van der Waals surface area contributed by atoms with Gasteiger partial charge in [-0.05, 0) is 12.8 Å². The Morgan fingerprint density at radius 3 is 2.76 bits per heavy atom. The number of aliphatic carboxylic acids is 1. The Bertz CT molecular complexity index is 360. The normalized spacial score (nSPS) is 11.4. The summed E-state index contributed by atoms with van der Waals surface area (Å²) < 4.78 is 2.04. The van der Waals surface area contributed by atoms with Gasteiger partial charge in [0.25, 0.3) is 0 Å². The van der Waals surface area contributed by atoms with Crippen molar-refractivity contribution in [3.8, 4) is 0 Å². The van der Waals surface area contributed by atoms with E-state index in [1.165, 1.54) is 0 Å². The van der Waals surface area contributed by atoms with Gasteiger partial charge in [0.15, 0.2) is 0 Å². The SMILES string of the molecule is Cc1nccn1CCN(CC(=O)O)CC(C)C. The number of carbonyl (C=O) groups is 1. The first-order valence-electron chi connectivity index (χ1n) is 5.91. The first-order chi connectivity index (χ1) is 7.99. The van der Waals surface area contributed by atoms with Crippen molar-refractivity contribution in [2.75, 3.05) is 19.6 Å². The van der Waals surface area contributed by atoms with Crippen molar-refractivity contribution in [3.05, 3.63) is 18.2 Å². The van der Waals surface area contributed by atoms with Gasteiger partial charge in [-0.15, -0.1) is 0 Å². The van der Waals surface area contributed by atoms with Gasteiger partial charge in [0.2, 0.25) is 0 Å². The molecule has 0 unspecified atom stereocenters. The van der Waals surface area contributed by atoms with Crippen LogP contribution in [-0.2, 0) is 11.3 Å². The van der Waals surface area contributed by atoms with Crippen LogP contribution in [0.5, 0.6) is 0 Å². The summed E-state index contributed by atoms with van der Waals surface area (Å²) >= 11 is 0. The van der Waals surface area contributed by atoms with Crippen LogP contribution in [0.4, 0.5) is 0 Å². The second-order valence-electron chi connectivity index (χ2n) is 4.69. The molecule has 5 nitrogen and oxygen atoms in total. The first-order valence-corrected chi connectivity index (χ1v) is 5.91. The summed E-state index contributed by atoms with van der Waals surface area (Å²) in [6, 6.07) is 0. The number of imidazole rings is 1. The number of aryl methyl sites for hydroxylation is 1. The Morgan fingerprint density at radius 2 is 2.29 bits per heavy atom. The summed E-state index contributed by atoms with van der Waals surface area (Å²) in [5, 5.41) is 8.85. The fraction of sp³-hybridized carbons (Fsp3) is 0.667. The summed E-state index contributed by atoms with van der Waals surface area (Å²) in [6.07, 6.45) is 3.68. The lowest BCUT2D eigenvalue weighted by atomic mass is 10.2. The van der Waals surface area contributed by atoms with Crippen LogP contribution in [0.3, 0.4) is 0 Å². The van der Waals surface area contributed by atoms with Crippen molar-refractivity contribution in [3.63, 3.8) is 0 Å². The molecule has 0 bridgehead atoms. The molecule has 1 N–H and O–H groups in total. The monoisotopic (exact) mass is 239 g/mol. The van der Waals surface area contributed by atoms with Gasteiger partial charge in [-0.25, -0.2) is 4.98 Å². The Labute approximate surface area is 102 Å². The summed E-state index contributed by atoms with van der Waals surface area (Å²) in [6.45, 7) is 8.57. The maximum absolute atomic E-state index is 10.8. The highest BCUT2D eigenvalue weighted by Gasteiger charge is 2.11. The average Bonchev–Trinajstić information content (AvgIpc) is 2.59. The second kappa shape index (κ2) is 6.39. The van der Waals surface area contributed by atoms with Crippen LogP contribution in [0.2, 0.25) is 0 Å². The molecule has 1 aromatic rings. The molecular formula is C12H21N3O2. The minimum atomic E-state index is -0.770. The van der Waals surface area contributed by atoms with Gasteiger partial charge < -0.3 is 9.67 Å². The van der Waals surface area contributed by atoms with E-state index in [0.29, 0.717) is 5.92 Å². The highest BCUT2D eigenvalue weighted by atomic mass is 16.4. The van der Waals surface area contributed by atoms with E-state index < -0.39 is 5.97 Å². The fourth-order valence-corrected chi connectivity index (χ4v) is 1.83. The molecule has 1 rings (SSSR count). The van der Waals surface area contributed by atoms with Crippen LogP contribution in [0.15, 0.2) is 12.4 Å². The molecule has 5 heteroatoms. The van der Waals surface area contributed by atoms with Crippen molar-refractivity contribution in [2.45, 2.75) is 27.3 Å². The van der Waals surface area contributed by atoms with Crippen LogP contribution < -0.4 is 0 Å². The topological polar surface area (TPSA) is 58.4 Å². The van der Waals surface area contributed by atoms with Crippen molar-refractivity contribution >= 4 is 5.97 Å². The lowest BCUT2D eigenvalue weighted by Gasteiger charge is -2.22. The van der Waals surface area contributed by atoms with Crippen molar-refractivity contribution < 1.29 is 9.90 Å². The van der Waals surface area contributed by atoms with Crippen molar-refractivity contribution in [1.82, 2.24) is 14.5 Å². The molecule has 0 aromatic carbocycles. The van der Waals surface area contributed by atoms with E-state index in [1.807, 2.05) is 22.6 Å². The highest BCUT2D eigenvalue weighted by molar-refractivity contribution is 5.69. The number of nitrogens with zero attached hydrogens (tertiary/aromatic N) is 3. The number of hydrogen-bond donors (Lipinski definition) is 1. The summed E-state index contributed by atoms with van der Waals surface area (Å²) in [5.41, 5.74) is 0. The largest absolute Gasteiger partial charge is 0.480 e. The van der Waals surface area contributed by atoms with E-state index >= 15 is 0 Å². The molecule has 1 aromatic heterocycles. The maximum atomic E-state index is 10.8. The number of aromatic nitrogens is 2. The van der Waals surface area contributed by atoms with E-state index in [1.54, 1.807) is 6.20 Å². The van der Waals surface area contributed by atoms with Gasteiger partial charge >= 0.3 is 5.97 Å². The Morgan fingerprint density at radius 1 is 1.59 bits per heavy atom. The predicted molar refractivity (Wildman–Crippen MR) is 65.9 cm³/mol. The highest BCUT2D eigenvalue weighted by Crippen LogP contribution is 2.01. The molecule has 0 radical (unpaired) electrons. The molecule has 0 aliphatic rings. The average molecular weight is 239 g/mol. The maximum Gasteiger partial charge on any atom is 0.317 e. The van der Waals surface area contributed by atoms with Crippen LogP contribution in [0.25, 0.3) is 0 Å². The number of carboxylic acids is 1. The number of hydrogen-bond acceptors (Lipinski definition) is 3. The molecule has 0 aliphatic carbocycles. The zero-order valence-electron chi connectivity index (χ0n) is 10.8. The van der Waals surface area contributed by atoms with Crippen LogP contribution in [-0.4, -0.2) is 45.2 Å². The third kappa shape index (κ3) is 4.99. The van der Waals surface area contributed by atoms with Gasteiger partial charge in [-0.1, -0.05) is 13.8 Å². The Balaban J connectivity index is 2.48. The van der Waals surface area contributed by atoms with Crippen molar-refractivity contribution in [1.29, 1.82) is 0 Å². The molecule has 1 heterocycles. The van der Waals surface area contributed by atoms with Gasteiger partial charge in [-0.3, -0.25) is 9.69 Å². The lowest BCUT2D eigenvalue weighted by Crippen LogP contribution is -2.35. The first kappa shape index (κ1) is 13.7. The van der Waals surface area contributed by atoms with Crippen LogP contribution in [0, 0.1) is 12.8 Å². The lowest BCUT2D eigenvalue weighted by molar-refractivity contribution is -0.138. The van der Waals surface area contributed by atoms with Gasteiger partial charge in [0, 0.05) is 32.0 Å². The van der Waals surface area contributed by atoms with Gasteiger partial charge in [0.1, 0.15) is 5.82 Å². The molecule has 96 valence electrons. The quantitative estimate of drug-likeness (QED) is 0.777. The smallest absolute Gasteiger partial charge is 0.317 e. The molecule has 17 heavy (non-hydrogen) atoms. The van der Waals surface area contributed by atoms with Crippen LogP contribution in [0.1, 0.15) is 19.7 Å².